The fourth-order valence-electron chi connectivity index (χ4n) is 2.43. The van der Waals surface area contributed by atoms with Crippen LogP contribution in [0.1, 0.15) is 71.0 Å². The van der Waals surface area contributed by atoms with Gasteiger partial charge in [-0.05, 0) is 30.4 Å². The molecule has 0 aliphatic carbocycles. The summed E-state index contributed by atoms with van der Waals surface area (Å²) in [7, 11) is 0. The molecule has 0 saturated carbocycles. The van der Waals surface area contributed by atoms with Gasteiger partial charge in [0.2, 0.25) is 0 Å². The zero-order valence-electron chi connectivity index (χ0n) is 12.2. The minimum Gasteiger partial charge on any atom is -0.388 e. The predicted molar refractivity (Wildman–Crippen MR) is 77.6 cm³/mol. The lowest BCUT2D eigenvalue weighted by Crippen LogP contribution is -2.08. The minimum absolute atomic E-state index is 0.285. The molecule has 0 aliphatic heterocycles. The topological polar surface area (TPSA) is 25.2 Å². The molecule has 104 valence electrons. The van der Waals surface area contributed by atoms with Crippen LogP contribution in [0.4, 0.5) is 0 Å². The van der Waals surface area contributed by atoms with Crippen molar-refractivity contribution in [1.29, 1.82) is 0 Å². The molecule has 1 aromatic rings. The average molecular weight is 251 g/mol. The maximum atomic E-state index is 9.95. The van der Waals surface area contributed by atoms with E-state index in [0.29, 0.717) is 0 Å². The van der Waals surface area contributed by atoms with Gasteiger partial charge in [0.05, 0.1) is 6.10 Å². The molecule has 2 heteroatoms. The molecule has 18 heavy (non-hydrogen) atoms. The van der Waals surface area contributed by atoms with E-state index in [0.717, 1.165) is 30.9 Å². The molecule has 0 saturated heterocycles. The van der Waals surface area contributed by atoms with E-state index in [4.69, 9.17) is 0 Å². The van der Waals surface area contributed by atoms with Crippen LogP contribution in [-0.2, 0) is 6.54 Å². The van der Waals surface area contributed by atoms with Gasteiger partial charge in [-0.15, -0.1) is 0 Å². The zero-order chi connectivity index (χ0) is 13.4. The maximum absolute atomic E-state index is 9.95. The van der Waals surface area contributed by atoms with E-state index >= 15 is 0 Å². The molecule has 1 aromatic heterocycles. The Hall–Kier alpha value is -0.760. The quantitative estimate of drug-likeness (QED) is 0.685. The molecule has 1 heterocycles. The molecule has 2 unspecified atom stereocenters. The Morgan fingerprint density at radius 3 is 2.56 bits per heavy atom. The largest absolute Gasteiger partial charge is 0.388 e. The van der Waals surface area contributed by atoms with Crippen molar-refractivity contribution in [2.45, 2.75) is 71.9 Å². The molecule has 0 bridgehead atoms. The van der Waals surface area contributed by atoms with Gasteiger partial charge in [0.1, 0.15) is 0 Å². The van der Waals surface area contributed by atoms with Gasteiger partial charge in [0.15, 0.2) is 0 Å². The first kappa shape index (κ1) is 15.3. The number of aliphatic hydroxyl groups excluding tert-OH is 1. The normalized spacial score (nSPS) is 14.7. The lowest BCUT2D eigenvalue weighted by Gasteiger charge is -2.15. The van der Waals surface area contributed by atoms with Crippen molar-refractivity contribution in [3.8, 4) is 0 Å². The Kier molecular flexibility index (Phi) is 7.11. The molecule has 0 amide bonds. The third kappa shape index (κ3) is 4.85. The summed E-state index contributed by atoms with van der Waals surface area (Å²) in [5, 5.41) is 9.95. The van der Waals surface area contributed by atoms with Gasteiger partial charge in [-0.1, -0.05) is 46.5 Å². The van der Waals surface area contributed by atoms with Crippen LogP contribution in [0.2, 0.25) is 0 Å². The van der Waals surface area contributed by atoms with Crippen LogP contribution in [0, 0.1) is 5.92 Å². The van der Waals surface area contributed by atoms with Gasteiger partial charge in [-0.3, -0.25) is 0 Å². The lowest BCUT2D eigenvalue weighted by molar-refractivity contribution is 0.166. The molecule has 0 aliphatic rings. The molecular weight excluding hydrogens is 222 g/mol. The highest BCUT2D eigenvalue weighted by Crippen LogP contribution is 2.20. The first-order chi connectivity index (χ1) is 8.71. The highest BCUT2D eigenvalue weighted by atomic mass is 16.3. The molecular formula is C16H29NO. The first-order valence-electron chi connectivity index (χ1n) is 7.54. The van der Waals surface area contributed by atoms with Crippen molar-refractivity contribution in [3.05, 3.63) is 24.0 Å². The highest BCUT2D eigenvalue weighted by molar-refractivity contribution is 5.13. The standard InChI is InChI=1S/C16H29NO/c1-4-7-9-14(6-3)12-17-11-10-15(13-17)16(18)8-5-2/h10-11,13-14,16,18H,4-9,12H2,1-3H3. The van der Waals surface area contributed by atoms with Crippen LogP contribution in [0.25, 0.3) is 0 Å². The summed E-state index contributed by atoms with van der Waals surface area (Å²) < 4.78 is 2.25. The van der Waals surface area contributed by atoms with Gasteiger partial charge in [-0.25, -0.2) is 0 Å². The third-order valence-electron chi connectivity index (χ3n) is 3.73. The SMILES string of the molecule is CCCCC(CC)Cn1ccc(C(O)CCC)c1. The third-order valence-corrected chi connectivity index (χ3v) is 3.73. The second kappa shape index (κ2) is 8.36. The summed E-state index contributed by atoms with van der Waals surface area (Å²) in [6.45, 7) is 7.73. The number of aromatic nitrogens is 1. The van der Waals surface area contributed by atoms with E-state index in [1.807, 2.05) is 0 Å². The van der Waals surface area contributed by atoms with Gasteiger partial charge >= 0.3 is 0 Å². The van der Waals surface area contributed by atoms with Gasteiger partial charge < -0.3 is 9.67 Å². The van der Waals surface area contributed by atoms with Crippen molar-refractivity contribution in [1.82, 2.24) is 4.57 Å². The smallest absolute Gasteiger partial charge is 0.0804 e. The van der Waals surface area contributed by atoms with Crippen LogP contribution < -0.4 is 0 Å². The fourth-order valence-corrected chi connectivity index (χ4v) is 2.43. The summed E-state index contributed by atoms with van der Waals surface area (Å²) in [4.78, 5) is 0. The van der Waals surface area contributed by atoms with Crippen LogP contribution in [0.15, 0.2) is 18.5 Å². The van der Waals surface area contributed by atoms with E-state index in [1.165, 1.54) is 25.7 Å². The summed E-state index contributed by atoms with van der Waals surface area (Å²) in [6.07, 6.45) is 11.0. The summed E-state index contributed by atoms with van der Waals surface area (Å²) in [5.41, 5.74) is 1.07. The van der Waals surface area contributed by atoms with Crippen molar-refractivity contribution in [2.75, 3.05) is 0 Å². The Bertz CT molecular complexity index is 319. The van der Waals surface area contributed by atoms with Crippen LogP contribution >= 0.6 is 0 Å². The molecule has 0 fully saturated rings. The van der Waals surface area contributed by atoms with Gasteiger partial charge in [-0.2, -0.15) is 0 Å². The first-order valence-corrected chi connectivity index (χ1v) is 7.54. The second-order valence-electron chi connectivity index (χ2n) is 5.36. The number of nitrogens with zero attached hydrogens (tertiary/aromatic N) is 1. The van der Waals surface area contributed by atoms with Crippen molar-refractivity contribution >= 4 is 0 Å². The number of aliphatic hydroxyl groups is 1. The Morgan fingerprint density at radius 2 is 1.94 bits per heavy atom. The van der Waals surface area contributed by atoms with Crippen LogP contribution in [0.5, 0.6) is 0 Å². The molecule has 1 rings (SSSR count). The van der Waals surface area contributed by atoms with Crippen LogP contribution in [-0.4, -0.2) is 9.67 Å². The highest BCUT2D eigenvalue weighted by Gasteiger charge is 2.10. The molecule has 1 N–H and O–H groups in total. The van der Waals surface area contributed by atoms with Crippen molar-refractivity contribution in [2.24, 2.45) is 5.92 Å². The van der Waals surface area contributed by atoms with E-state index in [1.54, 1.807) is 0 Å². The monoisotopic (exact) mass is 251 g/mol. The van der Waals surface area contributed by atoms with Crippen molar-refractivity contribution in [3.63, 3.8) is 0 Å². The molecule has 0 aromatic carbocycles. The number of hydrogen-bond acceptors (Lipinski definition) is 1. The average Bonchev–Trinajstić information content (AvgIpc) is 2.83. The van der Waals surface area contributed by atoms with Gasteiger partial charge in [0, 0.05) is 18.9 Å². The number of hydrogen-bond donors (Lipinski definition) is 1. The molecule has 2 atom stereocenters. The molecule has 0 radical (unpaired) electrons. The van der Waals surface area contributed by atoms with Gasteiger partial charge in [0.25, 0.3) is 0 Å². The van der Waals surface area contributed by atoms with E-state index < -0.39 is 0 Å². The second-order valence-corrected chi connectivity index (χ2v) is 5.36. The number of unbranched alkanes of at least 4 members (excludes halogenated alkanes) is 1. The van der Waals surface area contributed by atoms with E-state index in [2.05, 4.69) is 43.8 Å². The lowest BCUT2D eigenvalue weighted by atomic mass is 9.99. The predicted octanol–water partition coefficient (Wildman–Crippen LogP) is 4.54. The van der Waals surface area contributed by atoms with E-state index in [9.17, 15) is 5.11 Å². The summed E-state index contributed by atoms with van der Waals surface area (Å²) in [5.74, 6) is 0.772. The van der Waals surface area contributed by atoms with Crippen LogP contribution in [0.3, 0.4) is 0 Å². The maximum Gasteiger partial charge on any atom is 0.0804 e. The molecule has 0 spiro atoms. The van der Waals surface area contributed by atoms with E-state index in [-0.39, 0.29) is 6.10 Å². The minimum atomic E-state index is -0.285. The Morgan fingerprint density at radius 1 is 1.17 bits per heavy atom. The zero-order valence-corrected chi connectivity index (χ0v) is 12.2. The van der Waals surface area contributed by atoms with Crippen molar-refractivity contribution < 1.29 is 5.11 Å². The Labute approximate surface area is 112 Å². The molecule has 2 nitrogen and oxygen atoms in total. The summed E-state index contributed by atoms with van der Waals surface area (Å²) >= 11 is 0. The number of rotatable bonds is 9. The fraction of sp³-hybridized carbons (Fsp3) is 0.750. The Balaban J connectivity index is 2.51. The summed E-state index contributed by atoms with van der Waals surface area (Å²) in [6, 6.07) is 2.06.